The van der Waals surface area contributed by atoms with Crippen LogP contribution in [0.4, 0.5) is 0 Å². The Hall–Kier alpha value is -3.20. The number of rotatable bonds is 10. The topological polar surface area (TPSA) is 104 Å². The van der Waals surface area contributed by atoms with Crippen LogP contribution < -0.4 is 5.32 Å². The number of hydrogen-bond donors (Lipinski definition) is 3. The van der Waals surface area contributed by atoms with Gasteiger partial charge in [-0.1, -0.05) is 83.9 Å². The Morgan fingerprint density at radius 1 is 0.895 bits per heavy atom. The third-order valence-electron chi connectivity index (χ3n) is 6.09. The second-order valence-corrected chi connectivity index (χ2v) is 11.4. The van der Waals surface area contributed by atoms with Crippen molar-refractivity contribution in [1.29, 1.82) is 0 Å². The first-order chi connectivity index (χ1) is 18.2. The maximum atomic E-state index is 13.4. The number of halogens is 2. The van der Waals surface area contributed by atoms with Crippen molar-refractivity contribution in [3.05, 3.63) is 118 Å². The number of aliphatic hydroxyl groups is 1. The zero-order valence-corrected chi connectivity index (χ0v) is 22.5. The molecule has 0 aliphatic carbocycles. The molecule has 3 N–H and O–H groups in total. The first kappa shape index (κ1) is 27.8. The van der Waals surface area contributed by atoms with E-state index >= 15 is 0 Å². The third kappa shape index (κ3) is 6.26. The highest BCUT2D eigenvalue weighted by Crippen LogP contribution is 2.36. The van der Waals surface area contributed by atoms with Crippen molar-refractivity contribution < 1.29 is 23.4 Å². The van der Waals surface area contributed by atoms with E-state index in [2.05, 4.69) is 5.32 Å². The highest BCUT2D eigenvalue weighted by Gasteiger charge is 2.28. The molecule has 0 fully saturated rings. The Kier molecular flexibility index (Phi) is 8.87. The lowest BCUT2D eigenvalue weighted by Gasteiger charge is -2.14. The first-order valence-electron chi connectivity index (χ1n) is 11.8. The largest absolute Gasteiger partial charge is 0.478 e. The van der Waals surface area contributed by atoms with Crippen molar-refractivity contribution >= 4 is 39.0 Å². The molecule has 196 valence electrons. The summed E-state index contributed by atoms with van der Waals surface area (Å²) in [5.41, 5.74) is 2.26. The van der Waals surface area contributed by atoms with Crippen LogP contribution in [0, 0.1) is 0 Å². The molecule has 0 heterocycles. The zero-order valence-electron chi connectivity index (χ0n) is 20.1. The van der Waals surface area contributed by atoms with Crippen LogP contribution in [0.25, 0.3) is 11.1 Å². The molecule has 9 heteroatoms. The lowest BCUT2D eigenvalue weighted by atomic mass is 10.0. The van der Waals surface area contributed by atoms with Gasteiger partial charge in [-0.15, -0.1) is 0 Å². The SMILES string of the molecule is O=C(O)c1c(S(=O)(=O)c2ccc(CCNC[C@H](O)c3cccc(Cl)c3)cc2)ccc(-c2ccccc2)c1Cl. The number of nitrogens with one attached hydrogen (secondary N) is 1. The van der Waals surface area contributed by atoms with E-state index < -0.39 is 27.5 Å². The molecular formula is C29H25Cl2NO5S. The third-order valence-corrected chi connectivity index (χ3v) is 8.53. The van der Waals surface area contributed by atoms with Crippen molar-refractivity contribution in [3.63, 3.8) is 0 Å². The van der Waals surface area contributed by atoms with Crippen molar-refractivity contribution in [3.8, 4) is 11.1 Å². The van der Waals surface area contributed by atoms with Crippen LogP contribution in [0.5, 0.6) is 0 Å². The van der Waals surface area contributed by atoms with E-state index in [4.69, 9.17) is 23.2 Å². The summed E-state index contributed by atoms with van der Waals surface area (Å²) in [6.07, 6.45) is -0.106. The predicted octanol–water partition coefficient (Wildman–Crippen LogP) is 6.06. The van der Waals surface area contributed by atoms with Crippen LogP contribution in [0.1, 0.15) is 27.6 Å². The van der Waals surface area contributed by atoms with Gasteiger partial charge in [0.2, 0.25) is 9.84 Å². The minimum Gasteiger partial charge on any atom is -0.478 e. The average Bonchev–Trinajstić information content (AvgIpc) is 2.91. The molecule has 4 aromatic rings. The van der Waals surface area contributed by atoms with Crippen LogP contribution in [0.2, 0.25) is 10.0 Å². The van der Waals surface area contributed by atoms with E-state index in [9.17, 15) is 23.4 Å². The fourth-order valence-corrected chi connectivity index (χ4v) is 6.15. The molecule has 0 unspecified atom stereocenters. The molecule has 0 bridgehead atoms. The number of carbonyl (C=O) groups is 1. The van der Waals surface area contributed by atoms with Gasteiger partial charge < -0.3 is 15.5 Å². The van der Waals surface area contributed by atoms with Gasteiger partial charge in [0, 0.05) is 17.1 Å². The molecule has 0 aliphatic rings. The highest BCUT2D eigenvalue weighted by atomic mass is 35.5. The number of sulfone groups is 1. The van der Waals surface area contributed by atoms with Crippen LogP contribution in [-0.4, -0.2) is 37.7 Å². The summed E-state index contributed by atoms with van der Waals surface area (Å²) in [6, 6.07) is 25.1. The number of benzene rings is 4. The summed E-state index contributed by atoms with van der Waals surface area (Å²) in [5.74, 6) is -1.42. The predicted molar refractivity (Wildman–Crippen MR) is 149 cm³/mol. The highest BCUT2D eigenvalue weighted by molar-refractivity contribution is 7.91. The molecule has 6 nitrogen and oxygen atoms in total. The van der Waals surface area contributed by atoms with Gasteiger partial charge in [-0.3, -0.25) is 0 Å². The van der Waals surface area contributed by atoms with Gasteiger partial charge in [-0.25, -0.2) is 13.2 Å². The van der Waals surface area contributed by atoms with Gasteiger partial charge in [-0.2, -0.15) is 0 Å². The maximum Gasteiger partial charge on any atom is 0.338 e. The van der Waals surface area contributed by atoms with Gasteiger partial charge in [0.1, 0.15) is 0 Å². The summed E-state index contributed by atoms with van der Waals surface area (Å²) >= 11 is 12.4. The van der Waals surface area contributed by atoms with Crippen LogP contribution in [0.3, 0.4) is 0 Å². The monoisotopic (exact) mass is 569 g/mol. The Morgan fingerprint density at radius 3 is 2.26 bits per heavy atom. The first-order valence-corrected chi connectivity index (χ1v) is 14.0. The quantitative estimate of drug-likeness (QED) is 0.201. The minimum atomic E-state index is -4.15. The number of aromatic carboxylic acids is 1. The lowest BCUT2D eigenvalue weighted by molar-refractivity contribution is 0.0693. The maximum absolute atomic E-state index is 13.4. The van der Waals surface area contributed by atoms with E-state index in [1.54, 1.807) is 60.7 Å². The smallest absolute Gasteiger partial charge is 0.338 e. The van der Waals surface area contributed by atoms with Gasteiger partial charge >= 0.3 is 5.97 Å². The van der Waals surface area contributed by atoms with E-state index in [0.29, 0.717) is 35.7 Å². The Labute approximate surface area is 231 Å². The second-order valence-electron chi connectivity index (χ2n) is 8.64. The van der Waals surface area contributed by atoms with Gasteiger partial charge in [0.25, 0.3) is 0 Å². The van der Waals surface area contributed by atoms with Crippen molar-refractivity contribution in [2.24, 2.45) is 0 Å². The van der Waals surface area contributed by atoms with Crippen LogP contribution in [-0.2, 0) is 16.3 Å². The molecular weight excluding hydrogens is 545 g/mol. The number of hydrogen-bond acceptors (Lipinski definition) is 5. The molecule has 0 aliphatic heterocycles. The fourth-order valence-electron chi connectivity index (χ4n) is 4.09. The second kappa shape index (κ2) is 12.1. The molecule has 38 heavy (non-hydrogen) atoms. The van der Waals surface area contributed by atoms with Crippen LogP contribution >= 0.6 is 23.2 Å². The number of carboxylic acid groups (broad SMARTS) is 1. The molecule has 0 radical (unpaired) electrons. The van der Waals surface area contributed by atoms with E-state index in [-0.39, 0.29) is 14.8 Å². The van der Waals surface area contributed by atoms with Crippen LogP contribution in [0.15, 0.2) is 101 Å². The summed E-state index contributed by atoms with van der Waals surface area (Å²) < 4.78 is 26.8. The Bertz CT molecular complexity index is 1540. The summed E-state index contributed by atoms with van der Waals surface area (Å²) in [4.78, 5) is 11.7. The number of aliphatic hydroxyl groups excluding tert-OH is 1. The Morgan fingerprint density at radius 2 is 1.61 bits per heavy atom. The molecule has 0 spiro atoms. The lowest BCUT2D eigenvalue weighted by Crippen LogP contribution is -2.23. The summed E-state index contributed by atoms with van der Waals surface area (Å²) in [7, 11) is -4.15. The summed E-state index contributed by atoms with van der Waals surface area (Å²) in [5, 5.41) is 23.7. The number of carboxylic acids is 1. The van der Waals surface area contributed by atoms with Gasteiger partial charge in [0.15, 0.2) is 0 Å². The Balaban J connectivity index is 1.47. The summed E-state index contributed by atoms with van der Waals surface area (Å²) in [6.45, 7) is 0.897. The fraction of sp³-hybridized carbons (Fsp3) is 0.138. The normalized spacial score (nSPS) is 12.3. The van der Waals surface area contributed by atoms with Gasteiger partial charge in [-0.05, 0) is 60.0 Å². The molecule has 4 aromatic carbocycles. The molecule has 4 rings (SSSR count). The minimum absolute atomic E-state index is 0.0309. The molecule has 0 saturated heterocycles. The van der Waals surface area contributed by atoms with E-state index in [1.165, 1.54) is 24.3 Å². The molecule has 0 aromatic heterocycles. The molecule has 0 amide bonds. The van der Waals surface area contributed by atoms with Crippen molar-refractivity contribution in [1.82, 2.24) is 5.32 Å². The van der Waals surface area contributed by atoms with Crippen molar-refractivity contribution in [2.45, 2.75) is 22.3 Å². The average molecular weight is 570 g/mol. The zero-order chi connectivity index (χ0) is 27.3. The van der Waals surface area contributed by atoms with E-state index in [1.807, 2.05) is 6.07 Å². The van der Waals surface area contributed by atoms with Crippen molar-refractivity contribution in [2.75, 3.05) is 13.1 Å². The van der Waals surface area contributed by atoms with Gasteiger partial charge in [0.05, 0.1) is 26.5 Å². The van der Waals surface area contributed by atoms with E-state index in [0.717, 1.165) is 11.1 Å². The molecule has 1 atom stereocenters. The molecule has 0 saturated carbocycles. The standard InChI is InChI=1S/C29H25Cl2NO5S/c30-22-8-4-7-21(17-22)25(33)18-32-16-15-19-9-11-23(12-10-19)38(36,37)26-14-13-24(20-5-2-1-3-6-20)28(31)27(26)29(34)35/h1-14,17,25,32-33H,15-16,18H2,(H,34,35)/t25-/m0/s1.